The fourth-order valence-corrected chi connectivity index (χ4v) is 2.81. The van der Waals surface area contributed by atoms with Gasteiger partial charge in [-0.3, -0.25) is 4.98 Å². The standard InChI is InChI=1S/C22H22N4O2/c1-4-27-18-5-7-19(8-6-18)28-22-12-17(9-10-24-22)14-25-21-11-15(2)26-16(3)20(21)13-23/h5-12H,4,14H2,1-3H3,(H,25,26). The van der Waals surface area contributed by atoms with Crippen molar-refractivity contribution < 1.29 is 9.47 Å². The van der Waals surface area contributed by atoms with Crippen molar-refractivity contribution in [2.24, 2.45) is 0 Å². The van der Waals surface area contributed by atoms with Gasteiger partial charge in [0.05, 0.1) is 23.6 Å². The van der Waals surface area contributed by atoms with E-state index in [0.717, 1.165) is 28.4 Å². The number of hydrogen-bond acceptors (Lipinski definition) is 6. The summed E-state index contributed by atoms with van der Waals surface area (Å²) in [6.45, 7) is 6.86. The Morgan fingerprint density at radius 3 is 2.54 bits per heavy atom. The lowest BCUT2D eigenvalue weighted by Gasteiger charge is -2.12. The Labute approximate surface area is 164 Å². The third-order valence-corrected chi connectivity index (χ3v) is 4.08. The normalized spacial score (nSPS) is 10.2. The maximum atomic E-state index is 9.38. The van der Waals surface area contributed by atoms with Crippen LogP contribution < -0.4 is 14.8 Å². The number of aromatic nitrogens is 2. The van der Waals surface area contributed by atoms with Gasteiger partial charge in [-0.25, -0.2) is 4.98 Å². The molecule has 0 radical (unpaired) electrons. The van der Waals surface area contributed by atoms with Gasteiger partial charge in [-0.05, 0) is 62.7 Å². The monoisotopic (exact) mass is 374 g/mol. The summed E-state index contributed by atoms with van der Waals surface area (Å²) in [5.74, 6) is 2.00. The van der Waals surface area contributed by atoms with Gasteiger partial charge in [-0.2, -0.15) is 5.26 Å². The molecule has 0 aliphatic rings. The summed E-state index contributed by atoms with van der Waals surface area (Å²) in [4.78, 5) is 8.60. The van der Waals surface area contributed by atoms with E-state index >= 15 is 0 Å². The van der Waals surface area contributed by atoms with Gasteiger partial charge in [0.25, 0.3) is 0 Å². The number of hydrogen-bond donors (Lipinski definition) is 1. The van der Waals surface area contributed by atoms with Gasteiger partial charge in [0.1, 0.15) is 17.6 Å². The van der Waals surface area contributed by atoms with Gasteiger partial charge >= 0.3 is 0 Å². The maximum absolute atomic E-state index is 9.38. The van der Waals surface area contributed by atoms with Crippen molar-refractivity contribution in [1.29, 1.82) is 5.26 Å². The van der Waals surface area contributed by atoms with Crippen LogP contribution in [0.3, 0.4) is 0 Å². The lowest BCUT2D eigenvalue weighted by molar-refractivity contribution is 0.339. The van der Waals surface area contributed by atoms with Crippen molar-refractivity contribution in [1.82, 2.24) is 9.97 Å². The highest BCUT2D eigenvalue weighted by atomic mass is 16.5. The number of nitriles is 1. The SMILES string of the molecule is CCOc1ccc(Oc2cc(CNc3cc(C)nc(C)c3C#N)ccn2)cc1. The number of benzene rings is 1. The zero-order chi connectivity index (χ0) is 19.9. The summed E-state index contributed by atoms with van der Waals surface area (Å²) in [5.41, 5.74) is 3.92. The molecule has 0 spiro atoms. The number of rotatable bonds is 7. The van der Waals surface area contributed by atoms with E-state index in [4.69, 9.17) is 9.47 Å². The summed E-state index contributed by atoms with van der Waals surface area (Å²) in [6.07, 6.45) is 1.70. The van der Waals surface area contributed by atoms with Crippen LogP contribution in [0.15, 0.2) is 48.7 Å². The van der Waals surface area contributed by atoms with Crippen LogP contribution in [0.5, 0.6) is 17.4 Å². The molecule has 142 valence electrons. The molecule has 2 aromatic heterocycles. The summed E-state index contributed by atoms with van der Waals surface area (Å²) in [5, 5.41) is 12.7. The quantitative estimate of drug-likeness (QED) is 0.642. The number of nitrogens with one attached hydrogen (secondary N) is 1. The zero-order valence-corrected chi connectivity index (χ0v) is 16.2. The average Bonchev–Trinajstić information content (AvgIpc) is 2.68. The number of ether oxygens (including phenoxy) is 2. The van der Waals surface area contributed by atoms with Crippen LogP contribution in [-0.2, 0) is 6.54 Å². The van der Waals surface area contributed by atoms with E-state index in [9.17, 15) is 5.26 Å². The number of nitrogens with zero attached hydrogens (tertiary/aromatic N) is 3. The van der Waals surface area contributed by atoms with Gasteiger partial charge in [0, 0.05) is 24.5 Å². The van der Waals surface area contributed by atoms with E-state index in [0.29, 0.717) is 30.3 Å². The van der Waals surface area contributed by atoms with Gasteiger partial charge in [0.15, 0.2) is 0 Å². The van der Waals surface area contributed by atoms with Crippen molar-refractivity contribution in [3.05, 3.63) is 71.2 Å². The fourth-order valence-electron chi connectivity index (χ4n) is 2.81. The van der Waals surface area contributed by atoms with Crippen molar-refractivity contribution in [3.8, 4) is 23.4 Å². The molecular weight excluding hydrogens is 352 g/mol. The van der Waals surface area contributed by atoms with Crippen LogP contribution in [0.4, 0.5) is 5.69 Å². The molecule has 1 N–H and O–H groups in total. The minimum atomic E-state index is 0.506. The van der Waals surface area contributed by atoms with Gasteiger partial charge in [-0.1, -0.05) is 0 Å². The molecule has 0 saturated heterocycles. The predicted molar refractivity (Wildman–Crippen MR) is 108 cm³/mol. The highest BCUT2D eigenvalue weighted by Gasteiger charge is 2.08. The highest BCUT2D eigenvalue weighted by molar-refractivity contribution is 5.60. The topological polar surface area (TPSA) is 80.1 Å². The second-order valence-corrected chi connectivity index (χ2v) is 6.25. The largest absolute Gasteiger partial charge is 0.494 e. The third-order valence-electron chi connectivity index (χ3n) is 4.08. The molecule has 0 atom stereocenters. The molecule has 0 fully saturated rings. The molecule has 0 amide bonds. The smallest absolute Gasteiger partial charge is 0.219 e. The van der Waals surface area contributed by atoms with E-state index in [1.54, 1.807) is 6.20 Å². The minimum Gasteiger partial charge on any atom is -0.494 e. The summed E-state index contributed by atoms with van der Waals surface area (Å²) >= 11 is 0. The van der Waals surface area contributed by atoms with Crippen LogP contribution in [0.2, 0.25) is 0 Å². The first kappa shape index (κ1) is 19.2. The summed E-state index contributed by atoms with van der Waals surface area (Å²) in [7, 11) is 0. The molecule has 6 heteroatoms. The lowest BCUT2D eigenvalue weighted by Crippen LogP contribution is -2.05. The molecule has 3 aromatic rings. The molecule has 0 unspecified atom stereocenters. The van der Waals surface area contributed by atoms with E-state index in [1.165, 1.54) is 0 Å². The average molecular weight is 374 g/mol. The summed E-state index contributed by atoms with van der Waals surface area (Å²) < 4.78 is 11.3. The lowest BCUT2D eigenvalue weighted by atomic mass is 10.1. The van der Waals surface area contributed by atoms with E-state index < -0.39 is 0 Å². The first-order valence-electron chi connectivity index (χ1n) is 9.07. The molecule has 28 heavy (non-hydrogen) atoms. The molecule has 6 nitrogen and oxygen atoms in total. The van der Waals surface area contributed by atoms with Crippen molar-refractivity contribution >= 4 is 5.69 Å². The van der Waals surface area contributed by atoms with Crippen LogP contribution in [0.25, 0.3) is 0 Å². The number of anilines is 1. The second kappa shape index (κ2) is 8.87. The Bertz CT molecular complexity index is 994. The minimum absolute atomic E-state index is 0.506. The molecule has 1 aromatic carbocycles. The second-order valence-electron chi connectivity index (χ2n) is 6.25. The van der Waals surface area contributed by atoms with Crippen LogP contribution in [0, 0.1) is 25.2 Å². The Kier molecular flexibility index (Phi) is 6.07. The fraction of sp³-hybridized carbons (Fsp3) is 0.227. The summed E-state index contributed by atoms with van der Waals surface area (Å²) in [6, 6.07) is 15.3. The first-order chi connectivity index (χ1) is 13.6. The van der Waals surface area contributed by atoms with Crippen molar-refractivity contribution in [2.75, 3.05) is 11.9 Å². The predicted octanol–water partition coefficient (Wildman–Crippen LogP) is 4.77. The Morgan fingerprint density at radius 1 is 1.07 bits per heavy atom. The molecule has 0 aliphatic heterocycles. The molecule has 0 aliphatic carbocycles. The van der Waals surface area contributed by atoms with Crippen LogP contribution >= 0.6 is 0 Å². The molecule has 0 saturated carbocycles. The molecule has 3 rings (SSSR count). The zero-order valence-electron chi connectivity index (χ0n) is 16.2. The third kappa shape index (κ3) is 4.77. The van der Waals surface area contributed by atoms with Gasteiger partial charge in [-0.15, -0.1) is 0 Å². The van der Waals surface area contributed by atoms with E-state index in [2.05, 4.69) is 21.4 Å². The van der Waals surface area contributed by atoms with Gasteiger partial charge < -0.3 is 14.8 Å². The molecular formula is C22H22N4O2. The maximum Gasteiger partial charge on any atom is 0.219 e. The highest BCUT2D eigenvalue weighted by Crippen LogP contribution is 2.24. The molecule has 2 heterocycles. The van der Waals surface area contributed by atoms with Gasteiger partial charge in [0.2, 0.25) is 5.88 Å². The van der Waals surface area contributed by atoms with Crippen LogP contribution in [-0.4, -0.2) is 16.6 Å². The van der Waals surface area contributed by atoms with Crippen LogP contribution in [0.1, 0.15) is 29.4 Å². The molecule has 0 bridgehead atoms. The number of aryl methyl sites for hydroxylation is 2. The van der Waals surface area contributed by atoms with E-state index in [1.807, 2.05) is 63.2 Å². The van der Waals surface area contributed by atoms with E-state index in [-0.39, 0.29) is 0 Å². The first-order valence-corrected chi connectivity index (χ1v) is 9.07. The Balaban J connectivity index is 1.69. The van der Waals surface area contributed by atoms with Crippen molar-refractivity contribution in [2.45, 2.75) is 27.3 Å². The Morgan fingerprint density at radius 2 is 1.82 bits per heavy atom. The Hall–Kier alpha value is -3.59. The van der Waals surface area contributed by atoms with Crippen molar-refractivity contribution in [3.63, 3.8) is 0 Å². The number of pyridine rings is 2.